The number of nitrogen functional groups attached to an aromatic ring is 1. The SMILES string of the molecule is CC(C)(C)OC(=O)N1CC2CC1CN2c1nc(N)nc2scnc12. The highest BCUT2D eigenvalue weighted by Gasteiger charge is 2.47. The van der Waals surface area contributed by atoms with Crippen LogP contribution in [0.1, 0.15) is 27.2 Å². The molecule has 2 aliphatic heterocycles. The van der Waals surface area contributed by atoms with Crippen LogP contribution in [0.2, 0.25) is 0 Å². The summed E-state index contributed by atoms with van der Waals surface area (Å²) in [4.78, 5) is 30.2. The number of anilines is 2. The maximum Gasteiger partial charge on any atom is 0.410 e. The van der Waals surface area contributed by atoms with Crippen molar-refractivity contribution in [3.05, 3.63) is 5.51 Å². The molecule has 2 N–H and O–H groups in total. The molecule has 2 aromatic rings. The van der Waals surface area contributed by atoms with Gasteiger partial charge in [0, 0.05) is 13.1 Å². The molecule has 24 heavy (non-hydrogen) atoms. The topological polar surface area (TPSA) is 97.5 Å². The van der Waals surface area contributed by atoms with Crippen LogP contribution in [-0.2, 0) is 4.74 Å². The van der Waals surface area contributed by atoms with Crippen LogP contribution in [0, 0.1) is 0 Å². The Morgan fingerprint density at radius 3 is 2.79 bits per heavy atom. The van der Waals surface area contributed by atoms with Crippen molar-refractivity contribution in [1.29, 1.82) is 0 Å². The third-order valence-electron chi connectivity index (χ3n) is 4.34. The van der Waals surface area contributed by atoms with E-state index in [1.165, 1.54) is 11.3 Å². The number of fused-ring (bicyclic) bond motifs is 3. The Hall–Kier alpha value is -2.16. The number of carbonyl (C=O) groups is 1. The number of thiazole rings is 1. The quantitative estimate of drug-likeness (QED) is 0.840. The van der Waals surface area contributed by atoms with E-state index >= 15 is 0 Å². The number of amides is 1. The Balaban J connectivity index is 1.56. The van der Waals surface area contributed by atoms with Gasteiger partial charge < -0.3 is 20.3 Å². The van der Waals surface area contributed by atoms with Gasteiger partial charge in [-0.25, -0.2) is 14.8 Å². The van der Waals surface area contributed by atoms with E-state index in [2.05, 4.69) is 19.9 Å². The number of piperazine rings is 1. The van der Waals surface area contributed by atoms with Gasteiger partial charge in [0.25, 0.3) is 0 Å². The number of carbonyl (C=O) groups excluding carboxylic acids is 1. The van der Waals surface area contributed by atoms with Crippen molar-refractivity contribution in [3.8, 4) is 0 Å². The standard InChI is InChI=1S/C15H20N6O2S/c1-15(2,3)23-14(22)21-6-8-4-9(21)5-20(8)11-10-12(24-7-17-10)19-13(16)18-11/h7-9H,4-6H2,1-3H3,(H2,16,18,19). The van der Waals surface area contributed by atoms with E-state index in [9.17, 15) is 4.79 Å². The third-order valence-corrected chi connectivity index (χ3v) is 5.06. The molecule has 4 rings (SSSR count). The van der Waals surface area contributed by atoms with Crippen molar-refractivity contribution in [2.75, 3.05) is 23.7 Å². The van der Waals surface area contributed by atoms with E-state index in [1.807, 2.05) is 25.7 Å². The van der Waals surface area contributed by atoms with Crippen LogP contribution in [-0.4, -0.2) is 56.7 Å². The molecule has 2 fully saturated rings. The predicted molar refractivity (Wildman–Crippen MR) is 92.1 cm³/mol. The van der Waals surface area contributed by atoms with Crippen LogP contribution in [0.25, 0.3) is 10.3 Å². The number of nitrogens with zero attached hydrogens (tertiary/aromatic N) is 5. The molecule has 0 radical (unpaired) electrons. The first-order valence-electron chi connectivity index (χ1n) is 7.95. The van der Waals surface area contributed by atoms with E-state index in [1.54, 1.807) is 5.51 Å². The maximum absolute atomic E-state index is 12.3. The second kappa shape index (κ2) is 5.17. The molecule has 0 aliphatic carbocycles. The summed E-state index contributed by atoms with van der Waals surface area (Å²) >= 11 is 1.45. The van der Waals surface area contributed by atoms with Crippen LogP contribution in [0.4, 0.5) is 16.6 Å². The Bertz CT molecular complexity index is 801. The molecule has 1 amide bonds. The summed E-state index contributed by atoms with van der Waals surface area (Å²) in [7, 11) is 0. The number of ether oxygens (including phenoxy) is 1. The Morgan fingerprint density at radius 1 is 1.33 bits per heavy atom. The van der Waals surface area contributed by atoms with Crippen molar-refractivity contribution in [2.45, 2.75) is 44.9 Å². The summed E-state index contributed by atoms with van der Waals surface area (Å²) in [5.41, 5.74) is 7.90. The second-order valence-corrected chi connectivity index (χ2v) is 8.07. The minimum atomic E-state index is -0.480. The van der Waals surface area contributed by atoms with Gasteiger partial charge in [-0.1, -0.05) is 0 Å². The summed E-state index contributed by atoms with van der Waals surface area (Å²) in [6, 6.07) is 0.344. The van der Waals surface area contributed by atoms with Gasteiger partial charge in [0.2, 0.25) is 5.95 Å². The maximum atomic E-state index is 12.3. The largest absolute Gasteiger partial charge is 0.444 e. The lowest BCUT2D eigenvalue weighted by Crippen LogP contribution is -2.50. The smallest absolute Gasteiger partial charge is 0.410 e. The van der Waals surface area contributed by atoms with E-state index < -0.39 is 5.60 Å². The molecule has 128 valence electrons. The summed E-state index contributed by atoms with van der Waals surface area (Å²) < 4.78 is 5.50. The van der Waals surface area contributed by atoms with Crippen molar-refractivity contribution in [2.24, 2.45) is 0 Å². The fourth-order valence-electron chi connectivity index (χ4n) is 3.43. The number of aromatic nitrogens is 3. The van der Waals surface area contributed by atoms with Crippen molar-refractivity contribution < 1.29 is 9.53 Å². The highest BCUT2D eigenvalue weighted by atomic mass is 32.1. The Morgan fingerprint density at radius 2 is 2.12 bits per heavy atom. The highest BCUT2D eigenvalue weighted by Crippen LogP contribution is 2.37. The van der Waals surface area contributed by atoms with Crippen LogP contribution < -0.4 is 10.6 Å². The number of rotatable bonds is 1. The summed E-state index contributed by atoms with van der Waals surface area (Å²) in [6.45, 7) is 7.00. The molecular formula is C15H20N6O2S. The molecule has 0 spiro atoms. The Labute approximate surface area is 143 Å². The van der Waals surface area contributed by atoms with Gasteiger partial charge in [0.15, 0.2) is 10.6 Å². The monoisotopic (exact) mass is 348 g/mol. The molecule has 2 unspecified atom stereocenters. The summed E-state index contributed by atoms with van der Waals surface area (Å²) in [5, 5.41) is 0. The van der Waals surface area contributed by atoms with E-state index in [0.717, 1.165) is 22.6 Å². The molecule has 2 aromatic heterocycles. The van der Waals surface area contributed by atoms with Gasteiger partial charge in [-0.2, -0.15) is 4.98 Å². The lowest BCUT2D eigenvalue weighted by atomic mass is 10.2. The van der Waals surface area contributed by atoms with Gasteiger partial charge in [-0.3, -0.25) is 0 Å². The fraction of sp³-hybridized carbons (Fsp3) is 0.600. The number of likely N-dealkylation sites (tertiary alicyclic amines) is 1. The van der Waals surface area contributed by atoms with Gasteiger partial charge in [0.05, 0.1) is 17.6 Å². The minimum absolute atomic E-state index is 0.134. The van der Waals surface area contributed by atoms with Gasteiger partial charge in [-0.05, 0) is 27.2 Å². The zero-order valence-corrected chi connectivity index (χ0v) is 14.7. The van der Waals surface area contributed by atoms with E-state index in [4.69, 9.17) is 10.5 Å². The van der Waals surface area contributed by atoms with Gasteiger partial charge in [0.1, 0.15) is 11.1 Å². The molecule has 2 atom stereocenters. The van der Waals surface area contributed by atoms with Crippen molar-refractivity contribution in [3.63, 3.8) is 0 Å². The van der Waals surface area contributed by atoms with Crippen LogP contribution in [0.3, 0.4) is 0 Å². The molecular weight excluding hydrogens is 328 g/mol. The first kappa shape index (κ1) is 15.4. The number of hydrogen-bond acceptors (Lipinski definition) is 8. The average molecular weight is 348 g/mol. The number of hydrogen-bond donors (Lipinski definition) is 1. The molecule has 4 heterocycles. The van der Waals surface area contributed by atoms with Crippen LogP contribution >= 0.6 is 11.3 Å². The third kappa shape index (κ3) is 2.52. The average Bonchev–Trinajstić information content (AvgIpc) is 3.18. The number of nitrogens with two attached hydrogens (primary N) is 1. The molecule has 0 aromatic carbocycles. The summed E-state index contributed by atoms with van der Waals surface area (Å²) in [6.07, 6.45) is 0.671. The van der Waals surface area contributed by atoms with Crippen LogP contribution in [0.15, 0.2) is 5.51 Å². The fourth-order valence-corrected chi connectivity index (χ4v) is 4.09. The predicted octanol–water partition coefficient (Wildman–Crippen LogP) is 1.87. The highest BCUT2D eigenvalue weighted by molar-refractivity contribution is 7.16. The van der Waals surface area contributed by atoms with Crippen molar-refractivity contribution in [1.82, 2.24) is 19.9 Å². The first-order chi connectivity index (χ1) is 11.3. The molecule has 8 nitrogen and oxygen atoms in total. The minimum Gasteiger partial charge on any atom is -0.444 e. The van der Waals surface area contributed by atoms with Gasteiger partial charge >= 0.3 is 6.09 Å². The Kier molecular flexibility index (Phi) is 3.31. The lowest BCUT2D eigenvalue weighted by Gasteiger charge is -2.35. The van der Waals surface area contributed by atoms with Gasteiger partial charge in [-0.15, -0.1) is 11.3 Å². The normalized spacial score (nSPS) is 23.3. The second-order valence-electron chi connectivity index (χ2n) is 7.24. The lowest BCUT2D eigenvalue weighted by molar-refractivity contribution is 0.0214. The van der Waals surface area contributed by atoms with E-state index in [-0.39, 0.29) is 24.1 Å². The molecule has 2 aliphatic rings. The van der Waals surface area contributed by atoms with Crippen LogP contribution in [0.5, 0.6) is 0 Å². The van der Waals surface area contributed by atoms with Crippen molar-refractivity contribution >= 4 is 39.5 Å². The summed E-state index contributed by atoms with van der Waals surface area (Å²) in [5.74, 6) is 1.03. The molecule has 0 saturated carbocycles. The zero-order valence-electron chi connectivity index (χ0n) is 13.9. The molecule has 2 bridgehead atoms. The molecule has 9 heteroatoms. The molecule has 2 saturated heterocycles. The van der Waals surface area contributed by atoms with E-state index in [0.29, 0.717) is 13.1 Å². The zero-order chi connectivity index (χ0) is 17.1. The first-order valence-corrected chi connectivity index (χ1v) is 8.83.